The minimum atomic E-state index is -2.39. The van der Waals surface area contributed by atoms with Crippen molar-refractivity contribution in [3.8, 4) is 33.4 Å². The molecule has 61 heavy (non-hydrogen) atoms. The third kappa shape index (κ3) is 6.36. The number of nitrogens with one attached hydrogen (secondary N) is 4. The fraction of sp³-hybridized carbons (Fsp3) is 0.0227. The lowest BCUT2D eigenvalue weighted by molar-refractivity contribution is 0.0951. The molecule has 0 spiro atoms. The van der Waals surface area contributed by atoms with Gasteiger partial charge in [-0.3, -0.25) is 9.78 Å². The summed E-state index contributed by atoms with van der Waals surface area (Å²) in [5.74, 6) is -22.9. The van der Waals surface area contributed by atoms with E-state index in [0.717, 1.165) is 0 Å². The van der Waals surface area contributed by atoms with Gasteiger partial charge in [0.25, 0.3) is 5.91 Å². The standard InChI is InChI=1S/C44H22F10N6O/c45-34-32(35(46)39(50)42(53)38(34)49)30-25-9-7-21(57-25)22-8-10-26(58-22)31(33-36(47)40(51)43(54)41(52)37(33)48)28-14-12-24(60-28)29(23-11-13-27(30)59-23)19-5-1-2-6-20(19)44(61)56-17-18-4-3-15-55-16-18/h1-16,57,59-60H,17H2,(H,56,61). The van der Waals surface area contributed by atoms with Crippen LogP contribution in [0.3, 0.4) is 0 Å². The van der Waals surface area contributed by atoms with Gasteiger partial charge < -0.3 is 20.3 Å². The molecule has 1 amide bonds. The van der Waals surface area contributed by atoms with Crippen molar-refractivity contribution in [1.82, 2.24) is 30.2 Å². The van der Waals surface area contributed by atoms with Gasteiger partial charge in [-0.05, 0) is 71.8 Å². The normalized spacial score (nSPS) is 11.8. The highest BCUT2D eigenvalue weighted by Gasteiger charge is 2.31. The Morgan fingerprint density at radius 3 is 1.49 bits per heavy atom. The average Bonchev–Trinajstić information content (AvgIpc) is 4.12. The maximum Gasteiger partial charge on any atom is 0.252 e. The lowest BCUT2D eigenvalue weighted by Crippen LogP contribution is -2.23. The SMILES string of the molecule is O=C(NCc1cccnc1)c1ccccc1-c1c2ccc([nH]2)c(-c2c(F)c(F)c(F)c(F)c2F)c2nc(c3ccc([nH]3)c(-c3c(F)c(F)c(F)c(F)c3F)c3ccc1[nH]3)C=C2. The summed E-state index contributed by atoms with van der Waals surface area (Å²) < 4.78 is 151. The molecule has 304 valence electrons. The van der Waals surface area contributed by atoms with Crippen LogP contribution in [0.4, 0.5) is 43.9 Å². The smallest absolute Gasteiger partial charge is 0.252 e. The summed E-state index contributed by atoms with van der Waals surface area (Å²) in [4.78, 5) is 31.1. The molecule has 5 aromatic heterocycles. The van der Waals surface area contributed by atoms with Crippen LogP contribution in [-0.2, 0) is 6.54 Å². The molecule has 1 aliphatic heterocycles. The van der Waals surface area contributed by atoms with Gasteiger partial charge in [0.05, 0.1) is 28.0 Å². The van der Waals surface area contributed by atoms with Gasteiger partial charge in [0.2, 0.25) is 11.6 Å². The molecule has 6 heterocycles. The number of hydrogen-bond donors (Lipinski definition) is 4. The Hall–Kier alpha value is -7.69. The number of fused-ring (bicyclic) bond motifs is 9. The average molecular weight is 841 g/mol. The highest BCUT2D eigenvalue weighted by atomic mass is 19.2. The van der Waals surface area contributed by atoms with Crippen molar-refractivity contribution in [3.05, 3.63) is 166 Å². The molecule has 0 saturated heterocycles. The van der Waals surface area contributed by atoms with E-state index < -0.39 is 86.3 Å². The lowest BCUT2D eigenvalue weighted by Gasteiger charge is -2.12. The number of halogens is 10. The van der Waals surface area contributed by atoms with E-state index in [1.54, 1.807) is 30.5 Å². The molecule has 17 heteroatoms. The summed E-state index contributed by atoms with van der Waals surface area (Å²) in [5.41, 5.74) is -3.53. The topological polar surface area (TPSA) is 102 Å². The number of carbonyl (C=O) groups excluding carboxylic acids is 1. The number of H-pyrrole nitrogens is 3. The first-order valence-corrected chi connectivity index (χ1v) is 18.0. The van der Waals surface area contributed by atoms with Gasteiger partial charge >= 0.3 is 0 Å². The van der Waals surface area contributed by atoms with Crippen LogP contribution >= 0.6 is 0 Å². The second kappa shape index (κ2) is 14.8. The maximum atomic E-state index is 15.7. The number of rotatable bonds is 6. The van der Waals surface area contributed by atoms with E-state index in [0.29, 0.717) is 5.56 Å². The first-order chi connectivity index (χ1) is 29.3. The second-order valence-electron chi connectivity index (χ2n) is 13.7. The molecule has 0 radical (unpaired) electrons. The minimum absolute atomic E-state index is 0.0216. The maximum absolute atomic E-state index is 15.7. The molecule has 4 N–H and O–H groups in total. The van der Waals surface area contributed by atoms with Crippen LogP contribution in [0.1, 0.15) is 27.3 Å². The van der Waals surface area contributed by atoms with Crippen molar-refractivity contribution in [2.75, 3.05) is 0 Å². The van der Waals surface area contributed by atoms with E-state index in [-0.39, 0.29) is 67.7 Å². The monoisotopic (exact) mass is 840 g/mol. The van der Waals surface area contributed by atoms with Gasteiger partial charge in [0, 0.05) is 68.8 Å². The van der Waals surface area contributed by atoms with E-state index in [4.69, 9.17) is 0 Å². The van der Waals surface area contributed by atoms with Gasteiger partial charge in [-0.2, -0.15) is 0 Å². The predicted octanol–water partition coefficient (Wildman–Crippen LogP) is 11.4. The van der Waals surface area contributed by atoms with Crippen LogP contribution in [0.5, 0.6) is 0 Å². The van der Waals surface area contributed by atoms with Gasteiger partial charge in [0.15, 0.2) is 46.5 Å². The van der Waals surface area contributed by atoms with E-state index in [1.165, 1.54) is 66.9 Å². The zero-order chi connectivity index (χ0) is 42.9. The zero-order valence-corrected chi connectivity index (χ0v) is 30.5. The summed E-state index contributed by atoms with van der Waals surface area (Å²) in [6.45, 7) is 0.0445. The van der Waals surface area contributed by atoms with Crippen LogP contribution in [0.2, 0.25) is 0 Å². The molecule has 0 saturated carbocycles. The van der Waals surface area contributed by atoms with Crippen molar-refractivity contribution in [1.29, 1.82) is 0 Å². The van der Waals surface area contributed by atoms with Crippen LogP contribution in [0.25, 0.3) is 78.6 Å². The molecular weight excluding hydrogens is 819 g/mol. The molecule has 7 nitrogen and oxygen atoms in total. The Kier molecular flexibility index (Phi) is 9.45. The summed E-state index contributed by atoms with van der Waals surface area (Å²) >= 11 is 0. The van der Waals surface area contributed by atoms with E-state index >= 15 is 17.6 Å². The minimum Gasteiger partial charge on any atom is -0.354 e. The first-order valence-electron chi connectivity index (χ1n) is 18.0. The molecular formula is C44H22F10N6O. The molecule has 0 unspecified atom stereocenters. The molecule has 8 aromatic rings. The van der Waals surface area contributed by atoms with E-state index in [1.807, 2.05) is 0 Å². The number of carbonyl (C=O) groups is 1. The number of benzene rings is 3. The molecule has 8 bridgehead atoms. The number of amides is 1. The quantitative estimate of drug-likeness (QED) is 0.0762. The van der Waals surface area contributed by atoms with Crippen molar-refractivity contribution >= 4 is 51.2 Å². The van der Waals surface area contributed by atoms with Crippen molar-refractivity contribution in [2.24, 2.45) is 0 Å². The number of nitrogens with zero attached hydrogens (tertiary/aromatic N) is 2. The molecule has 0 fully saturated rings. The van der Waals surface area contributed by atoms with Crippen LogP contribution < -0.4 is 5.32 Å². The fourth-order valence-corrected chi connectivity index (χ4v) is 7.29. The van der Waals surface area contributed by atoms with Crippen LogP contribution in [0.15, 0.2) is 85.2 Å². The van der Waals surface area contributed by atoms with E-state index in [2.05, 4.69) is 30.2 Å². The Balaban J connectivity index is 1.43. The largest absolute Gasteiger partial charge is 0.354 e. The lowest BCUT2D eigenvalue weighted by atomic mass is 9.98. The summed E-state index contributed by atoms with van der Waals surface area (Å²) in [6.07, 6.45) is 5.60. The van der Waals surface area contributed by atoms with Gasteiger partial charge in [-0.25, -0.2) is 48.9 Å². The molecule has 0 aliphatic carbocycles. The summed E-state index contributed by atoms with van der Waals surface area (Å²) in [5, 5.41) is 2.80. The second-order valence-corrected chi connectivity index (χ2v) is 13.7. The number of aromatic amines is 3. The van der Waals surface area contributed by atoms with Crippen molar-refractivity contribution in [2.45, 2.75) is 6.54 Å². The van der Waals surface area contributed by atoms with Crippen molar-refractivity contribution in [3.63, 3.8) is 0 Å². The number of hydrogen-bond acceptors (Lipinski definition) is 3. The highest BCUT2D eigenvalue weighted by Crippen LogP contribution is 2.41. The van der Waals surface area contributed by atoms with Crippen molar-refractivity contribution < 1.29 is 48.7 Å². The van der Waals surface area contributed by atoms with Crippen LogP contribution in [0, 0.1) is 58.2 Å². The van der Waals surface area contributed by atoms with Gasteiger partial charge in [0.1, 0.15) is 0 Å². The summed E-state index contributed by atoms with van der Waals surface area (Å²) in [7, 11) is 0. The van der Waals surface area contributed by atoms with Crippen LogP contribution in [-0.4, -0.2) is 30.8 Å². The molecule has 3 aromatic carbocycles. The third-order valence-corrected chi connectivity index (χ3v) is 10.1. The van der Waals surface area contributed by atoms with E-state index in [9.17, 15) is 31.1 Å². The van der Waals surface area contributed by atoms with Gasteiger partial charge in [-0.1, -0.05) is 24.3 Å². The predicted molar refractivity (Wildman–Crippen MR) is 206 cm³/mol. The fourth-order valence-electron chi connectivity index (χ4n) is 7.29. The molecule has 0 atom stereocenters. The Morgan fingerprint density at radius 1 is 0.475 bits per heavy atom. The number of pyridine rings is 1. The Labute approximate surface area is 335 Å². The van der Waals surface area contributed by atoms with Gasteiger partial charge in [-0.15, -0.1) is 0 Å². The third-order valence-electron chi connectivity index (χ3n) is 10.1. The molecule has 9 rings (SSSR count). The zero-order valence-electron chi connectivity index (χ0n) is 30.5. The first kappa shape index (κ1) is 38.8. The Morgan fingerprint density at radius 2 is 0.934 bits per heavy atom. The Bertz CT molecular complexity index is 3240. The summed E-state index contributed by atoms with van der Waals surface area (Å²) in [6, 6.07) is 17.4. The highest BCUT2D eigenvalue weighted by molar-refractivity contribution is 6.07. The molecule has 1 aliphatic rings. The number of aromatic nitrogens is 5.